The largest absolute Gasteiger partial charge is 0.356 e. The van der Waals surface area contributed by atoms with Crippen LogP contribution in [0.4, 0.5) is 5.69 Å². The number of allylic oxidation sites excluding steroid dienone is 1. The van der Waals surface area contributed by atoms with Crippen LogP contribution in [0.25, 0.3) is 6.08 Å². The zero-order chi connectivity index (χ0) is 19.0. The lowest BCUT2D eigenvalue weighted by atomic mass is 10.1. The molecule has 2 aliphatic rings. The highest BCUT2D eigenvalue weighted by atomic mass is 32.2. The summed E-state index contributed by atoms with van der Waals surface area (Å²) in [6.45, 7) is 3.59. The third-order valence-electron chi connectivity index (χ3n) is 4.21. The van der Waals surface area contributed by atoms with Crippen LogP contribution in [0.15, 0.2) is 58.2 Å². The molecule has 2 aliphatic heterocycles. The highest BCUT2D eigenvalue weighted by molar-refractivity contribution is 7.86. The van der Waals surface area contributed by atoms with Gasteiger partial charge in [-0.25, -0.2) is 0 Å². The molecule has 0 bridgehead atoms. The molecule has 0 aliphatic carbocycles. The SMILES string of the molecule is CC1=CN=c2c(ccc3c2=CC(COS(=O)(=O)c2ccc(C)cc2)OO3)N1. The Kier molecular flexibility index (Phi) is 4.47. The monoisotopic (exact) mass is 386 g/mol. The first-order valence-corrected chi connectivity index (χ1v) is 9.79. The first-order chi connectivity index (χ1) is 12.9. The van der Waals surface area contributed by atoms with Crippen molar-refractivity contribution in [2.24, 2.45) is 4.99 Å². The van der Waals surface area contributed by atoms with Crippen LogP contribution >= 0.6 is 0 Å². The smallest absolute Gasteiger partial charge is 0.297 e. The molecule has 0 radical (unpaired) electrons. The van der Waals surface area contributed by atoms with Gasteiger partial charge in [-0.15, -0.1) is 0 Å². The summed E-state index contributed by atoms with van der Waals surface area (Å²) in [5, 5.41) is 4.68. The van der Waals surface area contributed by atoms with Gasteiger partial charge < -0.3 is 10.2 Å². The average Bonchev–Trinajstić information content (AvgIpc) is 2.66. The Balaban J connectivity index is 1.59. The highest BCUT2D eigenvalue weighted by Crippen LogP contribution is 2.17. The molecule has 1 N–H and O–H groups in total. The van der Waals surface area contributed by atoms with Gasteiger partial charge in [0.2, 0.25) is 0 Å². The molecular formula is C19H18N2O5S. The molecule has 0 amide bonds. The van der Waals surface area contributed by atoms with Gasteiger partial charge in [-0.2, -0.15) is 13.3 Å². The summed E-state index contributed by atoms with van der Waals surface area (Å²) in [4.78, 5) is 15.1. The number of fused-ring (bicyclic) bond motifs is 3. The van der Waals surface area contributed by atoms with Crippen LogP contribution in [0, 0.1) is 6.92 Å². The van der Waals surface area contributed by atoms with Crippen molar-refractivity contribution in [3.05, 3.63) is 64.4 Å². The molecule has 7 nitrogen and oxygen atoms in total. The maximum absolute atomic E-state index is 12.3. The van der Waals surface area contributed by atoms with Gasteiger partial charge in [-0.05, 0) is 44.2 Å². The summed E-state index contributed by atoms with van der Waals surface area (Å²) in [5.74, 6) is 0.518. The number of aryl methyl sites for hydroxylation is 1. The zero-order valence-corrected chi connectivity index (χ0v) is 15.6. The third kappa shape index (κ3) is 3.59. The molecule has 0 fully saturated rings. The Hall–Kier alpha value is -2.68. The summed E-state index contributed by atoms with van der Waals surface area (Å²) >= 11 is 0. The van der Waals surface area contributed by atoms with Crippen molar-refractivity contribution in [1.82, 2.24) is 0 Å². The molecule has 4 rings (SSSR count). The Morgan fingerprint density at radius 1 is 1.15 bits per heavy atom. The second-order valence-electron chi connectivity index (χ2n) is 6.38. The molecule has 2 aromatic rings. The van der Waals surface area contributed by atoms with Crippen LogP contribution in [-0.2, 0) is 19.2 Å². The van der Waals surface area contributed by atoms with E-state index in [4.69, 9.17) is 14.0 Å². The predicted octanol–water partition coefficient (Wildman–Crippen LogP) is 1.78. The van der Waals surface area contributed by atoms with E-state index in [9.17, 15) is 8.42 Å². The number of hydrogen-bond donors (Lipinski definition) is 1. The van der Waals surface area contributed by atoms with Crippen molar-refractivity contribution in [1.29, 1.82) is 0 Å². The average molecular weight is 386 g/mol. The fraction of sp³-hybridized carbons (Fsp3) is 0.211. The van der Waals surface area contributed by atoms with Crippen LogP contribution in [0.5, 0.6) is 5.75 Å². The number of nitrogens with zero attached hydrogens (tertiary/aromatic N) is 1. The first kappa shape index (κ1) is 17.7. The van der Waals surface area contributed by atoms with E-state index in [0.29, 0.717) is 11.1 Å². The lowest BCUT2D eigenvalue weighted by Crippen LogP contribution is -2.38. The number of nitrogens with one attached hydrogen (secondary N) is 1. The van der Waals surface area contributed by atoms with Crippen molar-refractivity contribution in [3.8, 4) is 5.75 Å². The summed E-state index contributed by atoms with van der Waals surface area (Å²) in [6.07, 6.45) is 2.78. The first-order valence-electron chi connectivity index (χ1n) is 8.38. The van der Waals surface area contributed by atoms with Gasteiger partial charge in [0.25, 0.3) is 10.1 Å². The Bertz CT molecular complexity index is 1140. The summed E-state index contributed by atoms with van der Waals surface area (Å²) in [7, 11) is -3.88. The van der Waals surface area contributed by atoms with Gasteiger partial charge >= 0.3 is 0 Å². The molecule has 0 aromatic heterocycles. The molecule has 1 unspecified atom stereocenters. The van der Waals surface area contributed by atoms with E-state index < -0.39 is 16.2 Å². The van der Waals surface area contributed by atoms with E-state index in [-0.39, 0.29) is 11.5 Å². The number of benzene rings is 2. The lowest BCUT2D eigenvalue weighted by molar-refractivity contribution is -0.236. The third-order valence-corrected chi connectivity index (χ3v) is 5.50. The van der Waals surface area contributed by atoms with Gasteiger partial charge in [-0.1, -0.05) is 17.7 Å². The Morgan fingerprint density at radius 3 is 2.70 bits per heavy atom. The second-order valence-corrected chi connectivity index (χ2v) is 7.99. The molecule has 27 heavy (non-hydrogen) atoms. The lowest BCUT2D eigenvalue weighted by Gasteiger charge is -2.20. The molecule has 8 heteroatoms. The molecule has 140 valence electrons. The minimum absolute atomic E-state index is 0.0995. The maximum atomic E-state index is 12.3. The Labute approximate surface area is 156 Å². The number of hydrogen-bond acceptors (Lipinski definition) is 7. The predicted molar refractivity (Wildman–Crippen MR) is 98.9 cm³/mol. The highest BCUT2D eigenvalue weighted by Gasteiger charge is 2.22. The van der Waals surface area contributed by atoms with Crippen LogP contribution in [0.3, 0.4) is 0 Å². The van der Waals surface area contributed by atoms with Gasteiger partial charge in [0.05, 0.1) is 15.9 Å². The van der Waals surface area contributed by atoms with Crippen molar-refractivity contribution in [2.75, 3.05) is 11.9 Å². The number of anilines is 1. The van der Waals surface area contributed by atoms with Gasteiger partial charge in [-0.3, -0.25) is 9.18 Å². The molecule has 2 heterocycles. The van der Waals surface area contributed by atoms with E-state index in [2.05, 4.69) is 10.3 Å². The molecule has 0 spiro atoms. The normalized spacial score (nSPS) is 18.0. The minimum Gasteiger partial charge on any atom is -0.356 e. The molecule has 0 saturated carbocycles. The fourth-order valence-corrected chi connectivity index (χ4v) is 3.72. The van der Waals surface area contributed by atoms with Crippen LogP contribution in [0.1, 0.15) is 12.5 Å². The van der Waals surface area contributed by atoms with Gasteiger partial charge in [0.1, 0.15) is 12.7 Å². The van der Waals surface area contributed by atoms with Crippen molar-refractivity contribution < 1.29 is 22.4 Å². The van der Waals surface area contributed by atoms with Crippen LogP contribution < -0.4 is 20.8 Å². The van der Waals surface area contributed by atoms with Gasteiger partial charge in [0.15, 0.2) is 5.75 Å². The minimum atomic E-state index is -3.88. The molecule has 2 aromatic carbocycles. The van der Waals surface area contributed by atoms with E-state index in [0.717, 1.165) is 22.2 Å². The maximum Gasteiger partial charge on any atom is 0.297 e. The molecule has 1 atom stereocenters. The van der Waals surface area contributed by atoms with Crippen molar-refractivity contribution in [3.63, 3.8) is 0 Å². The summed E-state index contributed by atoms with van der Waals surface area (Å²) in [5.41, 5.74) is 2.75. The standard InChI is InChI=1S/C19H18N2O5S/c1-12-3-5-15(6-4-12)27(22,23)24-11-14-9-16-18(26-25-14)8-7-17-19(16)20-10-13(2)21-17/h3-10,14,21H,11H2,1-2H3. The topological polar surface area (TPSA) is 86.2 Å². The summed E-state index contributed by atoms with van der Waals surface area (Å²) in [6, 6.07) is 10.1. The fourth-order valence-electron chi connectivity index (χ4n) is 2.80. The van der Waals surface area contributed by atoms with E-state index in [1.165, 1.54) is 12.1 Å². The molecule has 0 saturated heterocycles. The van der Waals surface area contributed by atoms with Crippen LogP contribution in [0.2, 0.25) is 0 Å². The van der Waals surface area contributed by atoms with Crippen molar-refractivity contribution >= 4 is 21.9 Å². The van der Waals surface area contributed by atoms with Gasteiger partial charge in [0, 0.05) is 17.1 Å². The van der Waals surface area contributed by atoms with Crippen molar-refractivity contribution in [2.45, 2.75) is 24.8 Å². The van der Waals surface area contributed by atoms with Crippen LogP contribution in [-0.4, -0.2) is 21.1 Å². The van der Waals surface area contributed by atoms with E-state index >= 15 is 0 Å². The molecular weight excluding hydrogens is 368 g/mol. The van der Waals surface area contributed by atoms with E-state index in [1.54, 1.807) is 30.5 Å². The zero-order valence-electron chi connectivity index (χ0n) is 14.8. The second kappa shape index (κ2) is 6.80. The Morgan fingerprint density at radius 2 is 1.93 bits per heavy atom. The quantitative estimate of drug-likeness (QED) is 0.637. The number of rotatable bonds is 4. The summed E-state index contributed by atoms with van der Waals surface area (Å²) < 4.78 is 29.8. The van der Waals surface area contributed by atoms with E-state index in [1.807, 2.05) is 19.9 Å².